The number of amides is 3. The van der Waals surface area contributed by atoms with Crippen molar-refractivity contribution in [1.29, 1.82) is 0 Å². The van der Waals surface area contributed by atoms with Crippen LogP contribution in [0.3, 0.4) is 0 Å². The van der Waals surface area contributed by atoms with E-state index in [1.165, 1.54) is 18.4 Å². The summed E-state index contributed by atoms with van der Waals surface area (Å²) in [5.41, 5.74) is 2.58. The van der Waals surface area contributed by atoms with Crippen LogP contribution in [0.4, 0.5) is 4.79 Å². The smallest absolute Gasteiger partial charge is 0.321 e. The quantitative estimate of drug-likeness (QED) is 0.669. The van der Waals surface area contributed by atoms with E-state index in [1.54, 1.807) is 0 Å². The van der Waals surface area contributed by atoms with Crippen LogP contribution in [-0.2, 0) is 4.79 Å². The van der Waals surface area contributed by atoms with Crippen LogP contribution in [0, 0.1) is 0 Å². The second-order valence-corrected chi connectivity index (χ2v) is 6.30. The molecule has 1 atom stereocenters. The van der Waals surface area contributed by atoms with Crippen LogP contribution in [0.1, 0.15) is 50.6 Å². The minimum Gasteiger partial charge on any atom is -0.337 e. The lowest BCUT2D eigenvalue weighted by atomic mass is 9.97. The molecule has 0 fully saturated rings. The van der Waals surface area contributed by atoms with Crippen molar-refractivity contribution in [3.05, 3.63) is 47.5 Å². The lowest BCUT2D eigenvalue weighted by molar-refractivity contribution is -0.682. The van der Waals surface area contributed by atoms with E-state index in [1.807, 2.05) is 42.6 Å². The zero-order valence-electron chi connectivity index (χ0n) is 14.4. The summed E-state index contributed by atoms with van der Waals surface area (Å²) in [6.45, 7) is 2.85. The first-order chi connectivity index (χ1) is 11.6. The summed E-state index contributed by atoms with van der Waals surface area (Å²) in [5.74, 6) is -0.271. The lowest BCUT2D eigenvalue weighted by Crippen LogP contribution is -2.87. The number of benzene rings is 1. The molecule has 0 spiro atoms. The minimum atomic E-state index is -0.405. The van der Waals surface area contributed by atoms with Crippen LogP contribution in [0.5, 0.6) is 0 Å². The Morgan fingerprint density at radius 2 is 2.00 bits per heavy atom. The molecule has 24 heavy (non-hydrogen) atoms. The third-order valence-electron chi connectivity index (χ3n) is 4.35. The molecule has 0 saturated carbocycles. The Labute approximate surface area is 143 Å². The molecule has 1 aliphatic carbocycles. The van der Waals surface area contributed by atoms with Crippen LogP contribution < -0.4 is 16.0 Å². The Balaban J connectivity index is 1.61. The molecule has 0 radical (unpaired) electrons. The van der Waals surface area contributed by atoms with Crippen LogP contribution in [-0.4, -0.2) is 25.0 Å². The predicted octanol–water partition coefficient (Wildman–Crippen LogP) is 2.03. The Kier molecular flexibility index (Phi) is 7.49. The van der Waals surface area contributed by atoms with E-state index in [4.69, 9.17) is 0 Å². The lowest BCUT2D eigenvalue weighted by Gasteiger charge is -2.13. The first-order valence-electron chi connectivity index (χ1n) is 8.79. The number of quaternary nitrogens is 1. The topological polar surface area (TPSA) is 74.8 Å². The molecule has 5 heteroatoms. The second-order valence-electron chi connectivity index (χ2n) is 6.30. The summed E-state index contributed by atoms with van der Waals surface area (Å²) in [4.78, 5) is 23.6. The van der Waals surface area contributed by atoms with E-state index in [9.17, 15) is 9.59 Å². The molecular weight excluding hydrogens is 302 g/mol. The summed E-state index contributed by atoms with van der Waals surface area (Å²) < 4.78 is 0. The first-order valence-corrected chi connectivity index (χ1v) is 8.79. The van der Waals surface area contributed by atoms with E-state index in [0.717, 1.165) is 24.8 Å². The predicted molar refractivity (Wildman–Crippen MR) is 94.4 cm³/mol. The second kappa shape index (κ2) is 9.88. The van der Waals surface area contributed by atoms with Crippen molar-refractivity contribution in [3.8, 4) is 0 Å². The number of hydrogen-bond acceptors (Lipinski definition) is 2. The average molecular weight is 330 g/mol. The van der Waals surface area contributed by atoms with Gasteiger partial charge in [-0.15, -0.1) is 0 Å². The standard InChI is InChI=1S/C19H27N3O2/c1-15(17-10-6-3-7-11-17)21-14-18(23)22-19(24)20-13-12-16-8-4-2-5-9-16/h3,6-8,10-11,15,21H,2,4-5,9,12-14H2,1H3,(H2,20,22,23,24)/p+1/t15-/m1/s1. The number of rotatable bonds is 7. The summed E-state index contributed by atoms with van der Waals surface area (Å²) in [5, 5.41) is 7.06. The molecule has 0 aromatic heterocycles. The Morgan fingerprint density at radius 3 is 2.71 bits per heavy atom. The maximum Gasteiger partial charge on any atom is 0.321 e. The van der Waals surface area contributed by atoms with Crippen LogP contribution in [0.2, 0.25) is 0 Å². The molecule has 1 aromatic carbocycles. The zero-order valence-corrected chi connectivity index (χ0v) is 14.4. The van der Waals surface area contributed by atoms with Crippen molar-refractivity contribution < 1.29 is 14.9 Å². The monoisotopic (exact) mass is 330 g/mol. The third-order valence-corrected chi connectivity index (χ3v) is 4.35. The highest BCUT2D eigenvalue weighted by atomic mass is 16.2. The number of imide groups is 1. The molecule has 0 bridgehead atoms. The summed E-state index contributed by atoms with van der Waals surface area (Å²) in [6, 6.07) is 9.77. The summed E-state index contributed by atoms with van der Waals surface area (Å²) in [7, 11) is 0. The van der Waals surface area contributed by atoms with Crippen molar-refractivity contribution in [3.63, 3.8) is 0 Å². The first kappa shape index (κ1) is 18.2. The molecule has 1 aromatic rings. The molecule has 2 rings (SSSR count). The highest BCUT2D eigenvalue weighted by Gasteiger charge is 2.13. The van der Waals surface area contributed by atoms with Gasteiger partial charge in [-0.25, -0.2) is 4.79 Å². The number of urea groups is 1. The molecule has 0 heterocycles. The summed E-state index contributed by atoms with van der Waals surface area (Å²) in [6.07, 6.45) is 7.94. The van der Waals surface area contributed by atoms with Gasteiger partial charge < -0.3 is 10.6 Å². The van der Waals surface area contributed by atoms with Gasteiger partial charge in [0.2, 0.25) is 0 Å². The number of carbonyl (C=O) groups is 2. The maximum absolute atomic E-state index is 11.8. The fourth-order valence-corrected chi connectivity index (χ4v) is 2.87. The fourth-order valence-electron chi connectivity index (χ4n) is 2.87. The molecule has 0 unspecified atom stereocenters. The zero-order chi connectivity index (χ0) is 17.2. The third kappa shape index (κ3) is 6.54. The van der Waals surface area contributed by atoms with Gasteiger partial charge in [-0.2, -0.15) is 0 Å². The minimum absolute atomic E-state index is 0.179. The molecule has 3 amide bonds. The van der Waals surface area contributed by atoms with Gasteiger partial charge in [0.15, 0.2) is 6.54 Å². The highest BCUT2D eigenvalue weighted by molar-refractivity contribution is 5.94. The normalized spacial score (nSPS) is 15.3. The average Bonchev–Trinajstić information content (AvgIpc) is 2.61. The number of carbonyl (C=O) groups excluding carboxylic acids is 2. The molecule has 130 valence electrons. The van der Waals surface area contributed by atoms with Gasteiger partial charge in [0, 0.05) is 12.1 Å². The van der Waals surface area contributed by atoms with E-state index in [2.05, 4.69) is 16.7 Å². The van der Waals surface area contributed by atoms with Gasteiger partial charge in [0.25, 0.3) is 5.91 Å². The SMILES string of the molecule is C[C@@H]([NH2+]CC(=O)NC(=O)NCCC1=CCCCC1)c1ccccc1. The van der Waals surface area contributed by atoms with Crippen LogP contribution in [0.25, 0.3) is 0 Å². The van der Waals surface area contributed by atoms with E-state index in [-0.39, 0.29) is 18.5 Å². The summed E-state index contributed by atoms with van der Waals surface area (Å²) >= 11 is 0. The number of nitrogens with two attached hydrogens (primary N) is 1. The van der Waals surface area contributed by atoms with E-state index in [0.29, 0.717) is 6.54 Å². The molecule has 0 saturated heterocycles. The van der Waals surface area contributed by atoms with Gasteiger partial charge >= 0.3 is 6.03 Å². The Bertz CT molecular complexity index is 569. The van der Waals surface area contributed by atoms with Gasteiger partial charge in [0.1, 0.15) is 6.04 Å². The van der Waals surface area contributed by atoms with Crippen molar-refractivity contribution in [2.75, 3.05) is 13.1 Å². The van der Waals surface area contributed by atoms with Crippen molar-refractivity contribution in [2.24, 2.45) is 0 Å². The van der Waals surface area contributed by atoms with Crippen LogP contribution in [0.15, 0.2) is 42.0 Å². The maximum atomic E-state index is 11.8. The van der Waals surface area contributed by atoms with Gasteiger partial charge in [0.05, 0.1) is 0 Å². The van der Waals surface area contributed by atoms with E-state index < -0.39 is 6.03 Å². The van der Waals surface area contributed by atoms with Gasteiger partial charge in [-0.05, 0) is 39.0 Å². The molecular formula is C19H28N3O2+. The largest absolute Gasteiger partial charge is 0.337 e. The Hall–Kier alpha value is -2.14. The highest BCUT2D eigenvalue weighted by Crippen LogP contribution is 2.19. The van der Waals surface area contributed by atoms with Crippen molar-refractivity contribution >= 4 is 11.9 Å². The van der Waals surface area contributed by atoms with E-state index >= 15 is 0 Å². The van der Waals surface area contributed by atoms with Crippen molar-refractivity contribution in [2.45, 2.75) is 45.1 Å². The molecule has 0 aliphatic heterocycles. The molecule has 1 aliphatic rings. The van der Waals surface area contributed by atoms with Gasteiger partial charge in [-0.3, -0.25) is 10.1 Å². The number of nitrogens with one attached hydrogen (secondary N) is 2. The fraction of sp³-hybridized carbons (Fsp3) is 0.474. The van der Waals surface area contributed by atoms with Crippen molar-refractivity contribution in [1.82, 2.24) is 10.6 Å². The molecule has 5 nitrogen and oxygen atoms in total. The number of allylic oxidation sites excluding steroid dienone is 1. The van der Waals surface area contributed by atoms with Gasteiger partial charge in [-0.1, -0.05) is 42.0 Å². The molecule has 4 N–H and O–H groups in total. The van der Waals surface area contributed by atoms with Crippen LogP contribution >= 0.6 is 0 Å². The number of hydrogen-bond donors (Lipinski definition) is 3. The Morgan fingerprint density at radius 1 is 1.21 bits per heavy atom.